The van der Waals surface area contributed by atoms with Crippen molar-refractivity contribution in [2.75, 3.05) is 19.8 Å². The number of ether oxygens (including phenoxy) is 2. The summed E-state index contributed by atoms with van der Waals surface area (Å²) < 4.78 is 12.8. The third-order valence-electron chi connectivity index (χ3n) is 4.46. The zero-order valence-electron chi connectivity index (χ0n) is 15.5. The lowest BCUT2D eigenvalue weighted by Crippen LogP contribution is -2.32. The average Bonchev–Trinajstić information content (AvgIpc) is 3.43. The highest BCUT2D eigenvalue weighted by atomic mass is 35.5. The number of carbonyl (C=O) groups is 2. The molecule has 1 aliphatic rings. The molecule has 0 atom stereocenters. The van der Waals surface area contributed by atoms with Crippen LogP contribution in [0.15, 0.2) is 30.3 Å². The highest BCUT2D eigenvalue weighted by Gasteiger charge is 2.28. The number of aryl methyl sites for hydroxylation is 1. The molecule has 0 radical (unpaired) electrons. The van der Waals surface area contributed by atoms with Crippen LogP contribution < -0.4 is 10.1 Å². The Morgan fingerprint density at radius 1 is 1.22 bits per heavy atom. The molecule has 1 aromatic carbocycles. The zero-order valence-corrected chi connectivity index (χ0v) is 16.2. The van der Waals surface area contributed by atoms with E-state index in [9.17, 15) is 9.59 Å². The van der Waals surface area contributed by atoms with Crippen LogP contribution in [0, 0.1) is 13.8 Å². The van der Waals surface area contributed by atoms with E-state index >= 15 is 0 Å². The van der Waals surface area contributed by atoms with Gasteiger partial charge in [0.25, 0.3) is 5.91 Å². The molecule has 1 aliphatic carbocycles. The maximum atomic E-state index is 12.3. The molecule has 1 heterocycles. The van der Waals surface area contributed by atoms with Crippen molar-refractivity contribution in [2.45, 2.75) is 32.7 Å². The summed E-state index contributed by atoms with van der Waals surface area (Å²) in [5, 5.41) is 3.29. The predicted octanol–water partition coefficient (Wildman–Crippen LogP) is 3.45. The largest absolute Gasteiger partial charge is 0.492 e. The van der Waals surface area contributed by atoms with Crippen molar-refractivity contribution < 1.29 is 19.1 Å². The molecule has 1 saturated carbocycles. The van der Waals surface area contributed by atoms with Crippen LogP contribution in [0.1, 0.15) is 40.6 Å². The molecule has 0 spiro atoms. The fourth-order valence-electron chi connectivity index (χ4n) is 3.03. The third-order valence-corrected chi connectivity index (χ3v) is 4.71. The van der Waals surface area contributed by atoms with Crippen molar-refractivity contribution in [3.8, 4) is 5.75 Å². The summed E-state index contributed by atoms with van der Waals surface area (Å²) in [6.07, 6.45) is 2.29. The van der Waals surface area contributed by atoms with E-state index in [2.05, 4.69) is 9.88 Å². The van der Waals surface area contributed by atoms with Crippen LogP contribution in [0.5, 0.6) is 5.75 Å². The molecular formula is C20H23ClN2O4. The molecule has 1 fully saturated rings. The number of carbonyl (C=O) groups excluding carboxylic acids is 2. The van der Waals surface area contributed by atoms with Crippen molar-refractivity contribution in [1.29, 1.82) is 0 Å². The van der Waals surface area contributed by atoms with E-state index in [1.807, 2.05) is 19.9 Å². The summed E-state index contributed by atoms with van der Waals surface area (Å²) in [5.74, 6) is -0.160. The molecule has 0 unspecified atom stereocenters. The summed E-state index contributed by atoms with van der Waals surface area (Å²) >= 11 is 5.80. The Bertz CT molecular complexity index is 825. The predicted molar refractivity (Wildman–Crippen MR) is 102 cm³/mol. The minimum atomic E-state index is -0.470. The van der Waals surface area contributed by atoms with Crippen LogP contribution in [0.3, 0.4) is 0 Å². The molecular weight excluding hydrogens is 368 g/mol. The topological polar surface area (TPSA) is 69.6 Å². The Morgan fingerprint density at radius 3 is 2.59 bits per heavy atom. The van der Waals surface area contributed by atoms with Crippen molar-refractivity contribution in [1.82, 2.24) is 9.88 Å². The van der Waals surface area contributed by atoms with Crippen molar-refractivity contribution in [2.24, 2.45) is 0 Å². The van der Waals surface area contributed by atoms with E-state index in [0.717, 1.165) is 24.2 Å². The van der Waals surface area contributed by atoms with Gasteiger partial charge in [-0.25, -0.2) is 4.79 Å². The van der Waals surface area contributed by atoms with Crippen molar-refractivity contribution in [3.05, 3.63) is 52.3 Å². The smallest absolute Gasteiger partial charge is 0.340 e. The molecule has 2 aromatic rings. The molecule has 1 N–H and O–H groups in total. The maximum Gasteiger partial charge on any atom is 0.340 e. The number of aromatic nitrogens is 1. The second-order valence-corrected chi connectivity index (χ2v) is 7.05. The minimum Gasteiger partial charge on any atom is -0.492 e. The van der Waals surface area contributed by atoms with Crippen LogP contribution in [0.25, 0.3) is 0 Å². The first-order valence-corrected chi connectivity index (χ1v) is 9.34. The summed E-state index contributed by atoms with van der Waals surface area (Å²) in [5.41, 5.74) is 2.47. The normalized spacial score (nSPS) is 13.3. The van der Waals surface area contributed by atoms with Crippen LogP contribution in [0.4, 0.5) is 0 Å². The third kappa shape index (κ3) is 5.04. The molecule has 1 aromatic heterocycles. The van der Waals surface area contributed by atoms with Gasteiger partial charge in [-0.1, -0.05) is 11.6 Å². The molecule has 7 heteroatoms. The van der Waals surface area contributed by atoms with Gasteiger partial charge in [-0.15, -0.1) is 0 Å². The van der Waals surface area contributed by atoms with Gasteiger partial charge in [0.2, 0.25) is 0 Å². The molecule has 144 valence electrons. The van der Waals surface area contributed by atoms with Gasteiger partial charge >= 0.3 is 5.97 Å². The molecule has 27 heavy (non-hydrogen) atoms. The van der Waals surface area contributed by atoms with Gasteiger partial charge in [0.15, 0.2) is 6.61 Å². The first-order chi connectivity index (χ1) is 13.0. The van der Waals surface area contributed by atoms with Gasteiger partial charge in [-0.2, -0.15) is 0 Å². The summed E-state index contributed by atoms with van der Waals surface area (Å²) in [6.45, 7) is 4.21. The Kier molecular flexibility index (Phi) is 6.06. The van der Waals surface area contributed by atoms with Gasteiger partial charge < -0.3 is 19.4 Å². The zero-order chi connectivity index (χ0) is 19.4. The summed E-state index contributed by atoms with van der Waals surface area (Å²) in [6, 6.07) is 9.29. The first-order valence-electron chi connectivity index (χ1n) is 8.96. The number of nitrogens with zero attached hydrogens (tertiary/aromatic N) is 1. The number of esters is 1. The quantitative estimate of drug-likeness (QED) is 0.553. The lowest BCUT2D eigenvalue weighted by atomic mass is 10.2. The van der Waals surface area contributed by atoms with Gasteiger partial charge in [-0.3, -0.25) is 4.79 Å². The van der Waals surface area contributed by atoms with Gasteiger partial charge in [0.1, 0.15) is 12.4 Å². The van der Waals surface area contributed by atoms with Crippen LogP contribution in [-0.4, -0.2) is 36.2 Å². The lowest BCUT2D eigenvalue weighted by Gasteiger charge is -2.09. The average molecular weight is 391 g/mol. The fraction of sp³-hybridized carbons (Fsp3) is 0.400. The second kappa shape index (κ2) is 8.48. The van der Waals surface area contributed by atoms with E-state index < -0.39 is 5.97 Å². The van der Waals surface area contributed by atoms with Crippen LogP contribution in [-0.2, 0) is 9.53 Å². The highest BCUT2D eigenvalue weighted by molar-refractivity contribution is 6.30. The van der Waals surface area contributed by atoms with Crippen molar-refractivity contribution >= 4 is 23.5 Å². The standard InChI is InChI=1S/C20H23ClN2O4/c1-13-11-18(14(2)23(13)16-5-6-16)20(25)27-12-19(24)22-9-10-26-17-7-3-15(21)4-8-17/h3-4,7-8,11,16H,5-6,9-10,12H2,1-2H3,(H,22,24). The van der Waals surface area contributed by atoms with Gasteiger partial charge in [0, 0.05) is 22.5 Å². The van der Waals surface area contributed by atoms with Crippen LogP contribution >= 0.6 is 11.6 Å². The number of amides is 1. The Hall–Kier alpha value is -2.47. The van der Waals surface area contributed by atoms with E-state index in [4.69, 9.17) is 21.1 Å². The van der Waals surface area contributed by atoms with Crippen LogP contribution in [0.2, 0.25) is 5.02 Å². The first kappa shape index (κ1) is 19.3. The fourth-order valence-corrected chi connectivity index (χ4v) is 3.15. The summed E-state index contributed by atoms with van der Waals surface area (Å²) in [7, 11) is 0. The minimum absolute atomic E-state index is 0.309. The van der Waals surface area contributed by atoms with Gasteiger partial charge in [0.05, 0.1) is 12.1 Å². The molecule has 0 bridgehead atoms. The van der Waals surface area contributed by atoms with Crippen molar-refractivity contribution in [3.63, 3.8) is 0 Å². The molecule has 0 saturated heterocycles. The number of hydrogen-bond donors (Lipinski definition) is 1. The molecule has 6 nitrogen and oxygen atoms in total. The number of rotatable bonds is 8. The SMILES string of the molecule is Cc1cc(C(=O)OCC(=O)NCCOc2ccc(Cl)cc2)c(C)n1C1CC1. The maximum absolute atomic E-state index is 12.3. The number of halogens is 1. The highest BCUT2D eigenvalue weighted by Crippen LogP contribution is 2.38. The lowest BCUT2D eigenvalue weighted by molar-refractivity contribution is -0.124. The van der Waals surface area contributed by atoms with E-state index in [1.54, 1.807) is 24.3 Å². The van der Waals surface area contributed by atoms with Gasteiger partial charge in [-0.05, 0) is 57.0 Å². The summed E-state index contributed by atoms with van der Waals surface area (Å²) in [4.78, 5) is 24.1. The van der Waals surface area contributed by atoms with E-state index in [0.29, 0.717) is 35.5 Å². The number of nitrogens with one attached hydrogen (secondary N) is 1. The number of benzene rings is 1. The number of hydrogen-bond acceptors (Lipinski definition) is 4. The second-order valence-electron chi connectivity index (χ2n) is 6.61. The molecule has 0 aliphatic heterocycles. The monoisotopic (exact) mass is 390 g/mol. The Labute approximate surface area is 163 Å². The Morgan fingerprint density at radius 2 is 1.93 bits per heavy atom. The molecule has 3 rings (SSSR count). The van der Waals surface area contributed by atoms with E-state index in [1.165, 1.54) is 0 Å². The molecule has 1 amide bonds. The van der Waals surface area contributed by atoms with E-state index in [-0.39, 0.29) is 12.5 Å². The Balaban J connectivity index is 1.39.